The number of benzene rings is 2. The van der Waals surface area contributed by atoms with E-state index in [0.717, 1.165) is 11.1 Å². The molecule has 0 aliphatic rings. The van der Waals surface area contributed by atoms with Crippen molar-refractivity contribution in [1.82, 2.24) is 15.2 Å². The first-order valence-corrected chi connectivity index (χ1v) is 10.2. The fourth-order valence-electron chi connectivity index (χ4n) is 1.59. The van der Waals surface area contributed by atoms with Crippen LogP contribution >= 0.6 is 0 Å². The molecule has 0 atom stereocenters. The van der Waals surface area contributed by atoms with E-state index in [9.17, 15) is 16.8 Å². The Balaban J connectivity index is 0.000000216. The molecule has 0 spiro atoms. The zero-order valence-corrected chi connectivity index (χ0v) is 16.1. The Morgan fingerprint density at radius 2 is 1.11 bits per heavy atom. The first-order valence-electron chi connectivity index (χ1n) is 7.37. The number of rotatable bonds is 2. The monoisotopic (exact) mass is 413 g/mol. The zero-order chi connectivity index (χ0) is 20.5. The van der Waals surface area contributed by atoms with Gasteiger partial charge >= 0.3 is 0 Å². The molecular formula is C16H19N3O6S2. The summed E-state index contributed by atoms with van der Waals surface area (Å²) in [5.74, 6) is 0. The molecule has 1 heterocycles. The normalized spacial score (nSPS) is 10.8. The van der Waals surface area contributed by atoms with E-state index < -0.39 is 20.2 Å². The van der Waals surface area contributed by atoms with Gasteiger partial charge in [-0.1, -0.05) is 35.4 Å². The summed E-state index contributed by atoms with van der Waals surface area (Å²) in [6.45, 7) is 3.68. The SMILES string of the molecule is Cc1ccc(S(=O)(=O)O)cc1.Cc1ccc(S(=O)(=O)O)cc1.c1nc[nH]n1. The lowest BCUT2D eigenvalue weighted by Gasteiger charge is -1.95. The number of hydrogen-bond donors (Lipinski definition) is 3. The first-order chi connectivity index (χ1) is 12.5. The maximum absolute atomic E-state index is 10.5. The van der Waals surface area contributed by atoms with E-state index in [4.69, 9.17) is 9.11 Å². The second-order valence-electron chi connectivity index (χ2n) is 5.23. The molecular weight excluding hydrogens is 394 g/mol. The van der Waals surface area contributed by atoms with Gasteiger partial charge in [-0.25, -0.2) is 4.98 Å². The van der Waals surface area contributed by atoms with Crippen molar-refractivity contribution in [3.05, 3.63) is 72.3 Å². The number of aromatic amines is 1. The molecule has 0 aliphatic carbocycles. The van der Waals surface area contributed by atoms with Crippen molar-refractivity contribution < 1.29 is 25.9 Å². The van der Waals surface area contributed by atoms with Crippen LogP contribution in [-0.2, 0) is 20.2 Å². The number of H-pyrrole nitrogens is 1. The fourth-order valence-corrected chi connectivity index (χ4v) is 2.55. The Morgan fingerprint density at radius 3 is 1.30 bits per heavy atom. The fraction of sp³-hybridized carbons (Fsp3) is 0.125. The van der Waals surface area contributed by atoms with Crippen LogP contribution in [0.4, 0.5) is 0 Å². The van der Waals surface area contributed by atoms with Gasteiger partial charge in [0.15, 0.2) is 0 Å². The Bertz CT molecular complexity index is 924. The van der Waals surface area contributed by atoms with E-state index in [0.29, 0.717) is 0 Å². The van der Waals surface area contributed by atoms with Gasteiger partial charge in [0.25, 0.3) is 20.2 Å². The van der Waals surface area contributed by atoms with Crippen molar-refractivity contribution in [2.75, 3.05) is 0 Å². The molecule has 3 aromatic rings. The third-order valence-corrected chi connectivity index (χ3v) is 4.70. The molecule has 0 fully saturated rings. The largest absolute Gasteiger partial charge is 0.294 e. The minimum atomic E-state index is -4.02. The van der Waals surface area contributed by atoms with Gasteiger partial charge in [-0.15, -0.1) is 0 Å². The predicted octanol–water partition coefficient (Wildman–Crippen LogP) is 2.29. The Morgan fingerprint density at radius 1 is 0.741 bits per heavy atom. The van der Waals surface area contributed by atoms with Crippen molar-refractivity contribution >= 4 is 20.2 Å². The highest BCUT2D eigenvalue weighted by atomic mass is 32.2. The lowest BCUT2D eigenvalue weighted by molar-refractivity contribution is 0.481. The van der Waals surface area contributed by atoms with Crippen LogP contribution in [0, 0.1) is 13.8 Å². The van der Waals surface area contributed by atoms with E-state index in [2.05, 4.69) is 15.2 Å². The van der Waals surface area contributed by atoms with E-state index in [1.165, 1.54) is 36.9 Å². The second-order valence-corrected chi connectivity index (χ2v) is 8.07. The molecule has 0 radical (unpaired) electrons. The average Bonchev–Trinajstić information content (AvgIpc) is 3.14. The van der Waals surface area contributed by atoms with Gasteiger partial charge < -0.3 is 0 Å². The maximum atomic E-state index is 10.5. The Kier molecular flexibility index (Phi) is 8.25. The van der Waals surface area contributed by atoms with Gasteiger partial charge in [0, 0.05) is 0 Å². The van der Waals surface area contributed by atoms with Gasteiger partial charge in [-0.3, -0.25) is 14.2 Å². The van der Waals surface area contributed by atoms with Crippen LogP contribution in [0.15, 0.2) is 71.0 Å². The molecule has 27 heavy (non-hydrogen) atoms. The molecule has 146 valence electrons. The van der Waals surface area contributed by atoms with E-state index in [-0.39, 0.29) is 9.79 Å². The van der Waals surface area contributed by atoms with Crippen LogP contribution in [-0.4, -0.2) is 41.1 Å². The molecule has 2 aromatic carbocycles. The smallest absolute Gasteiger partial charge is 0.282 e. The van der Waals surface area contributed by atoms with Crippen LogP contribution in [0.3, 0.4) is 0 Å². The van der Waals surface area contributed by atoms with Crippen LogP contribution in [0.2, 0.25) is 0 Å². The molecule has 3 N–H and O–H groups in total. The van der Waals surface area contributed by atoms with Crippen LogP contribution in [0.25, 0.3) is 0 Å². The van der Waals surface area contributed by atoms with Gasteiger partial charge in [0.05, 0.1) is 9.79 Å². The number of nitrogens with zero attached hydrogens (tertiary/aromatic N) is 2. The molecule has 0 aliphatic heterocycles. The van der Waals surface area contributed by atoms with Gasteiger partial charge in [-0.2, -0.15) is 21.9 Å². The van der Waals surface area contributed by atoms with Crippen molar-refractivity contribution in [3.63, 3.8) is 0 Å². The van der Waals surface area contributed by atoms with Gasteiger partial charge in [-0.05, 0) is 38.1 Å². The Labute approximate surface area is 157 Å². The Hall–Kier alpha value is -2.60. The molecule has 11 heteroatoms. The summed E-state index contributed by atoms with van der Waals surface area (Å²) in [4.78, 5) is 3.42. The van der Waals surface area contributed by atoms with Gasteiger partial charge in [0.1, 0.15) is 12.7 Å². The summed E-state index contributed by atoms with van der Waals surface area (Å²) >= 11 is 0. The summed E-state index contributed by atoms with van der Waals surface area (Å²) < 4.78 is 59.1. The third kappa shape index (κ3) is 9.06. The number of aromatic nitrogens is 3. The van der Waals surface area contributed by atoms with Crippen LogP contribution < -0.4 is 0 Å². The second kappa shape index (κ2) is 9.92. The molecule has 0 saturated carbocycles. The molecule has 0 bridgehead atoms. The van der Waals surface area contributed by atoms with E-state index in [1.54, 1.807) is 24.3 Å². The highest BCUT2D eigenvalue weighted by Crippen LogP contribution is 2.09. The highest BCUT2D eigenvalue weighted by molar-refractivity contribution is 7.86. The lowest BCUT2D eigenvalue weighted by atomic mass is 10.2. The van der Waals surface area contributed by atoms with Crippen molar-refractivity contribution in [2.45, 2.75) is 23.6 Å². The van der Waals surface area contributed by atoms with Gasteiger partial charge in [0.2, 0.25) is 0 Å². The minimum Gasteiger partial charge on any atom is -0.282 e. The summed E-state index contributed by atoms with van der Waals surface area (Å²) in [6.07, 6.45) is 2.96. The highest BCUT2D eigenvalue weighted by Gasteiger charge is 2.07. The van der Waals surface area contributed by atoms with Crippen molar-refractivity contribution in [3.8, 4) is 0 Å². The molecule has 0 amide bonds. The first kappa shape index (κ1) is 22.4. The molecule has 0 saturated heterocycles. The molecule has 1 aromatic heterocycles. The number of hydrogen-bond acceptors (Lipinski definition) is 6. The maximum Gasteiger partial charge on any atom is 0.294 e. The quantitative estimate of drug-likeness (QED) is 0.541. The van der Waals surface area contributed by atoms with Crippen LogP contribution in [0.1, 0.15) is 11.1 Å². The predicted molar refractivity (Wildman–Crippen MR) is 98.4 cm³/mol. The zero-order valence-electron chi connectivity index (χ0n) is 14.5. The summed E-state index contributed by atoms with van der Waals surface area (Å²) in [5, 5.41) is 5.99. The lowest BCUT2D eigenvalue weighted by Crippen LogP contribution is -1.96. The molecule has 3 rings (SSSR count). The summed E-state index contributed by atoms with van der Waals surface area (Å²) in [6, 6.07) is 12.0. The minimum absolute atomic E-state index is 0.0666. The summed E-state index contributed by atoms with van der Waals surface area (Å²) in [7, 11) is -8.04. The third-order valence-electron chi connectivity index (χ3n) is 2.97. The number of nitrogens with one attached hydrogen (secondary N) is 1. The number of aryl methyl sites for hydroxylation is 2. The van der Waals surface area contributed by atoms with E-state index in [1.807, 2.05) is 13.8 Å². The van der Waals surface area contributed by atoms with Crippen LogP contribution in [0.5, 0.6) is 0 Å². The van der Waals surface area contributed by atoms with E-state index >= 15 is 0 Å². The average molecular weight is 413 g/mol. The standard InChI is InChI=1S/2C7H8O3S.C2H3N3/c2*1-6-2-4-7(5-3-6)11(8,9)10;1-3-2-5-4-1/h2*2-5H,1H3,(H,8,9,10);1-2H,(H,3,4,5). The molecule has 9 nitrogen and oxygen atoms in total. The molecule has 0 unspecified atom stereocenters. The van der Waals surface area contributed by atoms with Crippen molar-refractivity contribution in [2.24, 2.45) is 0 Å². The summed E-state index contributed by atoms with van der Waals surface area (Å²) in [5.41, 5.74) is 1.91. The topological polar surface area (TPSA) is 150 Å². The van der Waals surface area contributed by atoms with Crippen molar-refractivity contribution in [1.29, 1.82) is 0 Å².